The van der Waals surface area contributed by atoms with Crippen LogP contribution in [-0.4, -0.2) is 42.6 Å². The molecule has 8 heteroatoms. The highest BCUT2D eigenvalue weighted by Crippen LogP contribution is 2.37. The third kappa shape index (κ3) is 3.26. The molecule has 2 aliphatic heterocycles. The second-order valence-electron chi connectivity index (χ2n) is 7.14. The van der Waals surface area contributed by atoms with Crippen LogP contribution in [0.1, 0.15) is 12.5 Å². The second-order valence-corrected chi connectivity index (χ2v) is 7.14. The summed E-state index contributed by atoms with van der Waals surface area (Å²) >= 11 is 0. The van der Waals surface area contributed by atoms with Crippen molar-refractivity contribution in [2.45, 2.75) is 12.5 Å². The molecular formula is C22H21N3O5. The lowest BCUT2D eigenvalue weighted by atomic mass is 9.91. The van der Waals surface area contributed by atoms with Crippen molar-refractivity contribution in [1.29, 1.82) is 0 Å². The summed E-state index contributed by atoms with van der Waals surface area (Å²) in [5.74, 6) is 0.187. The minimum Gasteiger partial charge on any atom is -0.454 e. The predicted molar refractivity (Wildman–Crippen MR) is 109 cm³/mol. The number of amides is 4. The average molecular weight is 407 g/mol. The van der Waals surface area contributed by atoms with Crippen molar-refractivity contribution >= 4 is 23.5 Å². The Morgan fingerprint density at radius 3 is 2.67 bits per heavy atom. The fourth-order valence-corrected chi connectivity index (χ4v) is 3.55. The van der Waals surface area contributed by atoms with Gasteiger partial charge < -0.3 is 19.7 Å². The summed E-state index contributed by atoms with van der Waals surface area (Å²) in [5, 5.41) is 2.70. The Bertz CT molecular complexity index is 1020. The van der Waals surface area contributed by atoms with Gasteiger partial charge in [0.1, 0.15) is 12.1 Å². The molecule has 8 nitrogen and oxygen atoms in total. The van der Waals surface area contributed by atoms with Crippen molar-refractivity contribution in [3.05, 3.63) is 66.7 Å². The van der Waals surface area contributed by atoms with Gasteiger partial charge in [-0.15, -0.1) is 6.58 Å². The van der Waals surface area contributed by atoms with E-state index in [0.717, 1.165) is 4.90 Å². The van der Waals surface area contributed by atoms with Crippen molar-refractivity contribution in [3.8, 4) is 11.5 Å². The van der Waals surface area contributed by atoms with Crippen LogP contribution in [0.15, 0.2) is 61.2 Å². The minimum absolute atomic E-state index is 0.106. The third-order valence-electron chi connectivity index (χ3n) is 5.20. The first-order valence-corrected chi connectivity index (χ1v) is 9.44. The zero-order chi connectivity index (χ0) is 21.3. The van der Waals surface area contributed by atoms with Crippen molar-refractivity contribution in [2.75, 3.05) is 24.8 Å². The molecule has 1 atom stereocenters. The second kappa shape index (κ2) is 7.55. The van der Waals surface area contributed by atoms with E-state index < -0.39 is 17.5 Å². The number of benzene rings is 2. The summed E-state index contributed by atoms with van der Waals surface area (Å²) in [6.45, 7) is 5.27. The Morgan fingerprint density at radius 2 is 1.93 bits per heavy atom. The van der Waals surface area contributed by atoms with Gasteiger partial charge in [0.25, 0.3) is 5.91 Å². The van der Waals surface area contributed by atoms with Gasteiger partial charge in [0.2, 0.25) is 12.7 Å². The number of nitrogens with one attached hydrogen (secondary N) is 1. The van der Waals surface area contributed by atoms with E-state index in [-0.39, 0.29) is 25.8 Å². The summed E-state index contributed by atoms with van der Waals surface area (Å²) in [4.78, 5) is 41.1. The monoisotopic (exact) mass is 407 g/mol. The highest BCUT2D eigenvalue weighted by atomic mass is 16.7. The maximum Gasteiger partial charge on any atom is 0.325 e. The normalized spacial score (nSPS) is 19.6. The molecule has 2 aromatic carbocycles. The van der Waals surface area contributed by atoms with Crippen LogP contribution in [0.3, 0.4) is 0 Å². The van der Waals surface area contributed by atoms with E-state index in [1.54, 1.807) is 43.3 Å². The topological polar surface area (TPSA) is 88.2 Å². The lowest BCUT2D eigenvalue weighted by Gasteiger charge is -2.25. The van der Waals surface area contributed by atoms with Crippen molar-refractivity contribution in [2.24, 2.45) is 0 Å². The van der Waals surface area contributed by atoms with Gasteiger partial charge in [0, 0.05) is 12.2 Å². The van der Waals surface area contributed by atoms with E-state index in [4.69, 9.17) is 9.47 Å². The quantitative estimate of drug-likeness (QED) is 0.587. The van der Waals surface area contributed by atoms with Crippen LogP contribution in [0.25, 0.3) is 0 Å². The number of hydrogen-bond donors (Lipinski definition) is 1. The van der Waals surface area contributed by atoms with Crippen molar-refractivity contribution < 1.29 is 23.9 Å². The molecule has 0 bridgehead atoms. The molecule has 2 aliphatic rings. The fourth-order valence-electron chi connectivity index (χ4n) is 3.55. The van der Waals surface area contributed by atoms with E-state index in [1.165, 1.54) is 4.90 Å². The first-order chi connectivity index (χ1) is 14.4. The van der Waals surface area contributed by atoms with E-state index in [9.17, 15) is 14.4 Å². The fraction of sp³-hybridized carbons (Fsp3) is 0.227. The molecular weight excluding hydrogens is 386 g/mol. The van der Waals surface area contributed by atoms with Gasteiger partial charge in [-0.2, -0.15) is 0 Å². The molecule has 2 heterocycles. The molecule has 0 unspecified atom stereocenters. The molecule has 4 rings (SSSR count). The molecule has 0 radical (unpaired) electrons. The molecule has 0 aliphatic carbocycles. The maximum absolute atomic E-state index is 13.2. The number of rotatable bonds is 6. The number of imide groups is 1. The lowest BCUT2D eigenvalue weighted by Crippen LogP contribution is -2.44. The number of carbonyl (C=O) groups excluding carboxylic acids is 3. The molecule has 4 amide bonds. The number of carbonyl (C=O) groups is 3. The lowest BCUT2D eigenvalue weighted by molar-refractivity contribution is -0.134. The molecule has 0 spiro atoms. The number of para-hydroxylation sites is 1. The van der Waals surface area contributed by atoms with Crippen LogP contribution in [0.5, 0.6) is 11.5 Å². The van der Waals surface area contributed by atoms with E-state index in [0.29, 0.717) is 22.7 Å². The molecule has 2 aromatic rings. The molecule has 1 fully saturated rings. The van der Waals surface area contributed by atoms with Crippen LogP contribution in [0.2, 0.25) is 0 Å². The summed E-state index contributed by atoms with van der Waals surface area (Å²) in [5.41, 5.74) is -0.104. The first-order valence-electron chi connectivity index (χ1n) is 9.44. The number of hydrogen-bond acceptors (Lipinski definition) is 5. The molecule has 0 saturated carbocycles. The largest absolute Gasteiger partial charge is 0.454 e. The van der Waals surface area contributed by atoms with Gasteiger partial charge in [0.05, 0.1) is 0 Å². The SMILES string of the molecule is C=CCN(C(=O)CN1C(=O)N[C@](C)(c2ccc3c(c2)OCO3)C1=O)c1ccccc1. The molecule has 154 valence electrons. The van der Waals surface area contributed by atoms with E-state index in [1.807, 2.05) is 18.2 Å². The van der Waals surface area contributed by atoms with Gasteiger partial charge in [-0.25, -0.2) is 4.79 Å². The standard InChI is InChI=1S/C22H21N3O5/c1-3-11-24(16-7-5-4-6-8-16)19(26)13-25-20(27)22(2,23-21(25)28)15-9-10-17-18(12-15)30-14-29-17/h3-10,12H,1,11,13-14H2,2H3,(H,23,28)/t22-/m1/s1. The molecule has 0 aromatic heterocycles. The smallest absolute Gasteiger partial charge is 0.325 e. The van der Waals surface area contributed by atoms with Crippen LogP contribution in [0, 0.1) is 0 Å². The van der Waals surface area contributed by atoms with Crippen LogP contribution >= 0.6 is 0 Å². The van der Waals surface area contributed by atoms with Gasteiger partial charge in [0.15, 0.2) is 11.5 Å². The van der Waals surface area contributed by atoms with Crippen LogP contribution < -0.4 is 19.7 Å². The third-order valence-corrected chi connectivity index (χ3v) is 5.20. The molecule has 1 saturated heterocycles. The Balaban J connectivity index is 1.56. The molecule has 1 N–H and O–H groups in total. The van der Waals surface area contributed by atoms with E-state index in [2.05, 4.69) is 11.9 Å². The number of fused-ring (bicyclic) bond motifs is 1. The number of urea groups is 1. The van der Waals surface area contributed by atoms with Gasteiger partial charge >= 0.3 is 6.03 Å². The summed E-state index contributed by atoms with van der Waals surface area (Å²) in [7, 11) is 0. The zero-order valence-corrected chi connectivity index (χ0v) is 16.5. The Morgan fingerprint density at radius 1 is 1.20 bits per heavy atom. The zero-order valence-electron chi connectivity index (χ0n) is 16.5. The van der Waals surface area contributed by atoms with Gasteiger partial charge in [-0.05, 0) is 36.8 Å². The van der Waals surface area contributed by atoms with Crippen molar-refractivity contribution in [3.63, 3.8) is 0 Å². The summed E-state index contributed by atoms with van der Waals surface area (Å²) in [6, 6.07) is 13.5. The number of nitrogens with zero attached hydrogens (tertiary/aromatic N) is 2. The summed E-state index contributed by atoms with van der Waals surface area (Å²) in [6.07, 6.45) is 1.59. The van der Waals surface area contributed by atoms with Crippen LogP contribution in [-0.2, 0) is 15.1 Å². The minimum atomic E-state index is -1.31. The Labute approximate surface area is 173 Å². The van der Waals surface area contributed by atoms with E-state index >= 15 is 0 Å². The van der Waals surface area contributed by atoms with Gasteiger partial charge in [-0.3, -0.25) is 14.5 Å². The van der Waals surface area contributed by atoms with Crippen molar-refractivity contribution in [1.82, 2.24) is 10.2 Å². The highest BCUT2D eigenvalue weighted by Gasteiger charge is 2.50. The predicted octanol–water partition coefficient (Wildman–Crippen LogP) is 2.40. The average Bonchev–Trinajstić information content (AvgIpc) is 3.31. The maximum atomic E-state index is 13.2. The summed E-state index contributed by atoms with van der Waals surface area (Å²) < 4.78 is 10.7. The van der Waals surface area contributed by atoms with Gasteiger partial charge in [-0.1, -0.05) is 30.3 Å². The number of anilines is 1. The molecule has 30 heavy (non-hydrogen) atoms. The Kier molecular flexibility index (Phi) is 4.91. The Hall–Kier alpha value is -3.81. The first kappa shape index (κ1) is 19.5. The number of ether oxygens (including phenoxy) is 2. The van der Waals surface area contributed by atoms with Crippen LogP contribution in [0.4, 0.5) is 10.5 Å². The highest BCUT2D eigenvalue weighted by molar-refractivity contribution is 6.10.